The van der Waals surface area contributed by atoms with Crippen molar-refractivity contribution in [2.75, 3.05) is 4.90 Å². The first kappa shape index (κ1) is 25.1. The number of carbonyl (C=O) groups is 2. The van der Waals surface area contributed by atoms with Gasteiger partial charge in [0.1, 0.15) is 17.7 Å². The Morgan fingerprint density at radius 1 is 1.00 bits per heavy atom. The Morgan fingerprint density at radius 3 is 2.13 bits per heavy atom. The Bertz CT molecular complexity index is 1040. The third kappa shape index (κ3) is 7.17. The molecular weight excluding hydrogens is 534 g/mol. The van der Waals surface area contributed by atoms with E-state index in [2.05, 4.69) is 36.8 Å². The topological polar surface area (TPSA) is 90.7 Å². The molecule has 10 heteroatoms. The second-order valence-corrected chi connectivity index (χ2v) is 10.4. The molecule has 2 aromatic rings. The summed E-state index contributed by atoms with van der Waals surface area (Å²) in [5.74, 6) is -0.544. The molecule has 0 bridgehead atoms. The lowest BCUT2D eigenvalue weighted by Crippen LogP contribution is -2.37. The minimum atomic E-state index is -0.769. The summed E-state index contributed by atoms with van der Waals surface area (Å²) in [5, 5.41) is 0. The monoisotopic (exact) mass is 557 g/mol. The quantitative estimate of drug-likeness (QED) is 0.480. The molecule has 0 spiro atoms. The van der Waals surface area contributed by atoms with Crippen LogP contribution in [0.5, 0.6) is 0 Å². The van der Waals surface area contributed by atoms with E-state index in [0.717, 1.165) is 4.57 Å². The lowest BCUT2D eigenvalue weighted by atomic mass is 10.2. The van der Waals surface area contributed by atoms with Crippen LogP contribution in [0.2, 0.25) is 0 Å². The third-order valence-electron chi connectivity index (χ3n) is 3.53. The summed E-state index contributed by atoms with van der Waals surface area (Å²) in [5.41, 5.74) is -1.73. The van der Waals surface area contributed by atoms with Crippen molar-refractivity contribution < 1.29 is 19.1 Å². The minimum Gasteiger partial charge on any atom is -0.459 e. The maximum Gasteiger partial charge on any atom is 0.420 e. The Hall–Kier alpha value is -2.20. The molecule has 1 aromatic heterocycles. The Kier molecular flexibility index (Phi) is 7.70. The summed E-state index contributed by atoms with van der Waals surface area (Å²) >= 11 is 6.79. The van der Waals surface area contributed by atoms with Gasteiger partial charge in [0, 0.05) is 10.7 Å². The first-order valence-corrected chi connectivity index (χ1v) is 11.0. The molecule has 0 radical (unpaired) electrons. The number of amides is 1. The van der Waals surface area contributed by atoms with Crippen LogP contribution in [0, 0.1) is 0 Å². The largest absolute Gasteiger partial charge is 0.459 e. The van der Waals surface area contributed by atoms with Crippen molar-refractivity contribution in [2.45, 2.75) is 59.3 Å². The molecule has 168 valence electrons. The molecule has 2 rings (SSSR count). The summed E-state index contributed by atoms with van der Waals surface area (Å²) in [7, 11) is 0. The summed E-state index contributed by atoms with van der Waals surface area (Å²) < 4.78 is 12.8. The molecule has 0 saturated carbocycles. The normalized spacial score (nSPS) is 11.7. The second kappa shape index (κ2) is 9.52. The first-order valence-electron chi connectivity index (χ1n) is 9.44. The molecule has 0 fully saturated rings. The van der Waals surface area contributed by atoms with Gasteiger partial charge in [0.2, 0.25) is 0 Å². The molecule has 0 saturated heterocycles. The molecule has 1 amide bonds. The first-order chi connectivity index (χ1) is 14.2. The molecule has 1 heterocycles. The summed E-state index contributed by atoms with van der Waals surface area (Å²) in [6.45, 7) is 10.1. The molecule has 0 aliphatic carbocycles. The van der Waals surface area contributed by atoms with Crippen molar-refractivity contribution in [1.29, 1.82) is 0 Å². The van der Waals surface area contributed by atoms with Gasteiger partial charge in [-0.2, -0.15) is 4.98 Å². The van der Waals surface area contributed by atoms with E-state index >= 15 is 0 Å². The van der Waals surface area contributed by atoms with Crippen molar-refractivity contribution in [3.05, 3.63) is 49.9 Å². The maximum absolute atomic E-state index is 13.0. The van der Waals surface area contributed by atoms with Crippen LogP contribution in [0.15, 0.2) is 44.2 Å². The number of rotatable bonds is 4. The zero-order valence-corrected chi connectivity index (χ0v) is 21.4. The van der Waals surface area contributed by atoms with Gasteiger partial charge in [-0.05, 0) is 85.5 Å². The number of hydrogen-bond acceptors (Lipinski definition) is 6. The molecule has 0 unspecified atom stereocenters. The summed E-state index contributed by atoms with van der Waals surface area (Å²) in [4.78, 5) is 43.1. The van der Waals surface area contributed by atoms with E-state index in [1.54, 1.807) is 65.8 Å². The SMILES string of the molecule is CC(C)(C)OC(=O)Cn1cc(Br)c(N(C(=O)OC(C)(C)C)c2ccccc2Br)nc1=O. The number of para-hydroxylation sites is 1. The molecule has 0 atom stereocenters. The summed E-state index contributed by atoms with van der Waals surface area (Å²) in [6, 6.07) is 6.98. The minimum absolute atomic E-state index is 0.0339. The fourth-order valence-corrected chi connectivity index (χ4v) is 3.46. The standard InChI is InChI=1S/C21H25Br2N3O5/c1-20(2,3)30-16(27)12-25-11-14(23)17(24-18(25)28)26(19(29)31-21(4,5)6)15-10-8-7-9-13(15)22/h7-11H,12H2,1-6H3. The fraction of sp³-hybridized carbons (Fsp3) is 0.429. The molecule has 0 N–H and O–H groups in total. The highest BCUT2D eigenvalue weighted by Crippen LogP contribution is 2.35. The predicted molar refractivity (Wildman–Crippen MR) is 125 cm³/mol. The van der Waals surface area contributed by atoms with E-state index in [1.165, 1.54) is 11.1 Å². The smallest absolute Gasteiger partial charge is 0.420 e. The van der Waals surface area contributed by atoms with E-state index in [9.17, 15) is 14.4 Å². The lowest BCUT2D eigenvalue weighted by molar-refractivity contribution is -0.155. The van der Waals surface area contributed by atoms with Crippen LogP contribution < -0.4 is 10.6 Å². The Labute approximate surface area is 197 Å². The fourth-order valence-electron chi connectivity index (χ4n) is 2.48. The van der Waals surface area contributed by atoms with E-state index < -0.39 is 29.0 Å². The van der Waals surface area contributed by atoms with Gasteiger partial charge in [0.15, 0.2) is 5.82 Å². The van der Waals surface area contributed by atoms with Crippen LogP contribution in [0.3, 0.4) is 0 Å². The number of ether oxygens (including phenoxy) is 2. The average Bonchev–Trinajstić information content (AvgIpc) is 2.57. The highest BCUT2D eigenvalue weighted by molar-refractivity contribution is 9.11. The molecule has 0 aliphatic rings. The van der Waals surface area contributed by atoms with Crippen molar-refractivity contribution in [3.8, 4) is 0 Å². The van der Waals surface area contributed by atoms with Crippen LogP contribution in [0.1, 0.15) is 41.5 Å². The third-order valence-corrected chi connectivity index (χ3v) is 4.76. The van der Waals surface area contributed by atoms with Gasteiger partial charge in [0.05, 0.1) is 10.2 Å². The highest BCUT2D eigenvalue weighted by atomic mass is 79.9. The van der Waals surface area contributed by atoms with Crippen molar-refractivity contribution in [2.24, 2.45) is 0 Å². The molecular formula is C21H25Br2N3O5. The lowest BCUT2D eigenvalue weighted by Gasteiger charge is -2.28. The zero-order chi connectivity index (χ0) is 23.6. The van der Waals surface area contributed by atoms with Gasteiger partial charge in [0.25, 0.3) is 0 Å². The van der Waals surface area contributed by atoms with Gasteiger partial charge in [-0.3, -0.25) is 9.36 Å². The van der Waals surface area contributed by atoms with Crippen LogP contribution in [0.4, 0.5) is 16.3 Å². The number of aromatic nitrogens is 2. The number of carbonyl (C=O) groups excluding carboxylic acids is 2. The van der Waals surface area contributed by atoms with Gasteiger partial charge in [-0.25, -0.2) is 14.5 Å². The predicted octanol–water partition coefficient (Wildman–Crippen LogP) is 5.18. The van der Waals surface area contributed by atoms with Gasteiger partial charge in [-0.15, -0.1) is 0 Å². The zero-order valence-electron chi connectivity index (χ0n) is 18.2. The molecule has 8 nitrogen and oxygen atoms in total. The average molecular weight is 559 g/mol. The molecule has 31 heavy (non-hydrogen) atoms. The number of hydrogen-bond donors (Lipinski definition) is 0. The second-order valence-electron chi connectivity index (χ2n) is 8.68. The Balaban J connectivity index is 2.51. The van der Waals surface area contributed by atoms with Crippen LogP contribution in [-0.4, -0.2) is 32.8 Å². The van der Waals surface area contributed by atoms with Gasteiger partial charge < -0.3 is 9.47 Å². The van der Waals surface area contributed by atoms with Crippen molar-refractivity contribution >= 4 is 55.4 Å². The number of esters is 1. The number of halogens is 2. The van der Waals surface area contributed by atoms with E-state index in [0.29, 0.717) is 14.6 Å². The van der Waals surface area contributed by atoms with E-state index in [1.807, 2.05) is 0 Å². The molecule has 0 aliphatic heterocycles. The van der Waals surface area contributed by atoms with Crippen LogP contribution >= 0.6 is 31.9 Å². The number of benzene rings is 1. The number of anilines is 2. The number of nitrogens with zero attached hydrogens (tertiary/aromatic N) is 3. The Morgan fingerprint density at radius 2 is 1.58 bits per heavy atom. The highest BCUT2D eigenvalue weighted by Gasteiger charge is 2.29. The van der Waals surface area contributed by atoms with Crippen LogP contribution in [-0.2, 0) is 20.8 Å². The molecule has 1 aromatic carbocycles. The van der Waals surface area contributed by atoms with Crippen LogP contribution in [0.25, 0.3) is 0 Å². The maximum atomic E-state index is 13.0. The summed E-state index contributed by atoms with van der Waals surface area (Å²) in [6.07, 6.45) is 0.680. The van der Waals surface area contributed by atoms with Gasteiger partial charge >= 0.3 is 17.8 Å². The van der Waals surface area contributed by atoms with Crippen molar-refractivity contribution in [1.82, 2.24) is 9.55 Å². The van der Waals surface area contributed by atoms with Gasteiger partial charge in [-0.1, -0.05) is 12.1 Å². The van der Waals surface area contributed by atoms with E-state index in [4.69, 9.17) is 9.47 Å². The van der Waals surface area contributed by atoms with Crippen molar-refractivity contribution in [3.63, 3.8) is 0 Å². The van der Waals surface area contributed by atoms with E-state index in [-0.39, 0.29) is 12.4 Å².